The summed E-state index contributed by atoms with van der Waals surface area (Å²) in [5.74, 6) is 0.264. The molecule has 12 nitrogen and oxygen atoms in total. The van der Waals surface area contributed by atoms with Gasteiger partial charge >= 0.3 is 35.1 Å². The summed E-state index contributed by atoms with van der Waals surface area (Å²) in [6.07, 6.45) is 79.6. The van der Waals surface area contributed by atoms with Crippen molar-refractivity contribution in [2.45, 2.75) is 440 Å². The maximum atomic E-state index is 12.1. The molecular formula is C104H162O12. The number of ether oxygens (including phenoxy) is 4. The van der Waals surface area contributed by atoms with Gasteiger partial charge in [0, 0.05) is 60.7 Å². The van der Waals surface area contributed by atoms with E-state index in [-0.39, 0.29) is 23.9 Å². The number of allylic oxidation sites excluding steroid dienone is 2. The number of carbonyl (C=O) groups excluding carboxylic acids is 4. The molecule has 0 aliphatic rings. The lowest BCUT2D eigenvalue weighted by Crippen LogP contribution is -2.07. The first-order valence-electron chi connectivity index (χ1n) is 47.4. The van der Waals surface area contributed by atoms with Gasteiger partial charge in [0.1, 0.15) is 35.9 Å². The van der Waals surface area contributed by atoms with Crippen LogP contribution in [0.15, 0.2) is 140 Å². The van der Waals surface area contributed by atoms with Gasteiger partial charge in [-0.3, -0.25) is 19.2 Å². The molecule has 0 aliphatic carbocycles. The molecule has 6 aromatic rings. The predicted molar refractivity (Wildman–Crippen MR) is 487 cm³/mol. The minimum absolute atomic E-state index is 0.0615. The fraction of sp³-hybridized carbons (Fsp3) is 0.654. The molecule has 0 saturated carbocycles. The zero-order valence-corrected chi connectivity index (χ0v) is 74.3. The van der Waals surface area contributed by atoms with Crippen molar-refractivity contribution in [3.05, 3.63) is 164 Å². The Hall–Kier alpha value is -7.08. The molecule has 116 heavy (non-hydrogen) atoms. The van der Waals surface area contributed by atoms with E-state index >= 15 is 0 Å². The highest BCUT2D eigenvalue weighted by molar-refractivity contribution is 5.83. The van der Waals surface area contributed by atoms with Crippen molar-refractivity contribution in [2.24, 2.45) is 0 Å². The highest BCUT2D eigenvalue weighted by Gasteiger charge is 2.12. The first kappa shape index (κ1) is 103. The SMILES string of the molecule is CCCCCCCC/C=C\CCCCCCCC(=O)OCc1ccccc1.CCCCCCCCCCCCCCCC(=O)Oc1ccc2c(C)cc(=O)oc2c1.CCCCCCCCCCCCCCCCCC(=O)OCc1ccccc1.CCCCCCCCCCCCCCCCCC(=O)Oc1ccc2c(C)cc(=O)oc2c1. The topological polar surface area (TPSA) is 166 Å². The molecular weight excluding hydrogens is 1440 g/mol. The number of rotatable bonds is 67. The minimum atomic E-state index is -0.393. The fourth-order valence-corrected chi connectivity index (χ4v) is 14.6. The van der Waals surface area contributed by atoms with Crippen LogP contribution in [0.4, 0.5) is 0 Å². The van der Waals surface area contributed by atoms with Gasteiger partial charge in [-0.25, -0.2) is 9.59 Å². The maximum absolute atomic E-state index is 12.1. The Balaban J connectivity index is 0.000000401. The van der Waals surface area contributed by atoms with Crippen LogP contribution in [0.1, 0.15) is 435 Å². The van der Waals surface area contributed by atoms with Gasteiger partial charge in [0.25, 0.3) is 0 Å². The molecule has 2 aromatic heterocycles. The summed E-state index contributed by atoms with van der Waals surface area (Å²) < 4.78 is 31.8. The molecule has 2 heterocycles. The summed E-state index contributed by atoms with van der Waals surface area (Å²) in [5, 5.41) is 1.71. The lowest BCUT2D eigenvalue weighted by atomic mass is 10.0. The van der Waals surface area contributed by atoms with E-state index in [1.165, 1.54) is 320 Å². The van der Waals surface area contributed by atoms with Gasteiger partial charge in [-0.05, 0) is 112 Å². The molecule has 650 valence electrons. The van der Waals surface area contributed by atoms with Crippen molar-refractivity contribution < 1.29 is 47.0 Å². The van der Waals surface area contributed by atoms with Gasteiger partial charge in [-0.2, -0.15) is 0 Å². The van der Waals surface area contributed by atoms with Crippen LogP contribution in [-0.4, -0.2) is 23.9 Å². The van der Waals surface area contributed by atoms with Gasteiger partial charge in [-0.15, -0.1) is 0 Å². The van der Waals surface area contributed by atoms with E-state index in [1.807, 2.05) is 86.6 Å². The van der Waals surface area contributed by atoms with E-state index in [4.69, 9.17) is 27.8 Å². The molecule has 0 bridgehead atoms. The summed E-state index contributed by atoms with van der Waals surface area (Å²) in [4.78, 5) is 70.7. The average Bonchev–Trinajstić information content (AvgIpc) is 0.818. The summed E-state index contributed by atoms with van der Waals surface area (Å²) in [5.41, 5.74) is 3.93. The third-order valence-corrected chi connectivity index (χ3v) is 21.9. The van der Waals surface area contributed by atoms with Crippen LogP contribution in [0.3, 0.4) is 0 Å². The number of carbonyl (C=O) groups is 4. The maximum Gasteiger partial charge on any atom is 0.336 e. The molecule has 0 fully saturated rings. The number of benzene rings is 4. The normalized spacial score (nSPS) is 11.1. The van der Waals surface area contributed by atoms with E-state index in [0.717, 1.165) is 84.4 Å². The molecule has 4 aromatic carbocycles. The van der Waals surface area contributed by atoms with Crippen LogP contribution in [0.25, 0.3) is 21.9 Å². The van der Waals surface area contributed by atoms with E-state index in [0.29, 0.717) is 61.6 Å². The van der Waals surface area contributed by atoms with E-state index in [9.17, 15) is 28.8 Å². The Bertz CT molecular complexity index is 3490. The Morgan fingerprint density at radius 1 is 0.276 bits per heavy atom. The lowest BCUT2D eigenvalue weighted by Gasteiger charge is -2.06. The Morgan fingerprint density at radius 2 is 0.509 bits per heavy atom. The monoisotopic (exact) mass is 1600 g/mol. The van der Waals surface area contributed by atoms with Crippen molar-refractivity contribution in [1.82, 2.24) is 0 Å². The van der Waals surface area contributed by atoms with Gasteiger partial charge < -0.3 is 27.8 Å². The van der Waals surface area contributed by atoms with Crippen molar-refractivity contribution in [3.8, 4) is 11.5 Å². The molecule has 0 unspecified atom stereocenters. The van der Waals surface area contributed by atoms with E-state index < -0.39 is 11.3 Å². The third kappa shape index (κ3) is 58.7. The largest absolute Gasteiger partial charge is 0.461 e. The third-order valence-electron chi connectivity index (χ3n) is 21.9. The molecule has 0 amide bonds. The number of esters is 4. The number of aryl methyl sites for hydroxylation is 2. The van der Waals surface area contributed by atoms with Gasteiger partial charge in [0.15, 0.2) is 0 Å². The Labute approximate surface area is 704 Å². The Morgan fingerprint density at radius 3 is 0.767 bits per heavy atom. The first-order chi connectivity index (χ1) is 56.8. The van der Waals surface area contributed by atoms with Crippen molar-refractivity contribution in [1.29, 1.82) is 0 Å². The quantitative estimate of drug-likeness (QED) is 0.0117. The van der Waals surface area contributed by atoms with Crippen molar-refractivity contribution >= 4 is 45.8 Å². The molecule has 0 spiro atoms. The molecule has 0 N–H and O–H groups in total. The van der Waals surface area contributed by atoms with Crippen molar-refractivity contribution in [3.63, 3.8) is 0 Å². The lowest BCUT2D eigenvalue weighted by molar-refractivity contribution is -0.146. The number of hydrogen-bond acceptors (Lipinski definition) is 12. The molecule has 0 radical (unpaired) electrons. The second-order valence-corrected chi connectivity index (χ2v) is 32.8. The van der Waals surface area contributed by atoms with Crippen molar-refractivity contribution in [2.75, 3.05) is 0 Å². The minimum Gasteiger partial charge on any atom is -0.461 e. The van der Waals surface area contributed by atoms with E-state index in [2.05, 4.69) is 39.8 Å². The zero-order chi connectivity index (χ0) is 83.5. The summed E-state index contributed by atoms with van der Waals surface area (Å²) >= 11 is 0. The summed E-state index contributed by atoms with van der Waals surface area (Å²) in [6, 6.07) is 33.1. The van der Waals surface area contributed by atoms with Crippen LogP contribution in [0.5, 0.6) is 11.5 Å². The summed E-state index contributed by atoms with van der Waals surface area (Å²) in [7, 11) is 0. The highest BCUT2D eigenvalue weighted by atomic mass is 16.5. The summed E-state index contributed by atoms with van der Waals surface area (Å²) in [6.45, 7) is 13.6. The fourth-order valence-electron chi connectivity index (χ4n) is 14.6. The molecule has 0 atom stereocenters. The second-order valence-electron chi connectivity index (χ2n) is 32.8. The molecule has 6 rings (SSSR count). The smallest absolute Gasteiger partial charge is 0.336 e. The predicted octanol–water partition coefficient (Wildman–Crippen LogP) is 31.5. The zero-order valence-electron chi connectivity index (χ0n) is 74.3. The number of fused-ring (bicyclic) bond motifs is 2. The van der Waals surface area contributed by atoms with Crippen LogP contribution in [0, 0.1) is 13.8 Å². The van der Waals surface area contributed by atoms with Crippen LogP contribution in [-0.2, 0) is 41.9 Å². The Kier molecular flexibility index (Phi) is 66.0. The molecule has 0 saturated heterocycles. The van der Waals surface area contributed by atoms with Gasteiger partial charge in [0.2, 0.25) is 0 Å². The second kappa shape index (κ2) is 74.2. The molecule has 12 heteroatoms. The molecule has 0 aliphatic heterocycles. The van der Waals surface area contributed by atoms with Gasteiger partial charge in [-0.1, -0.05) is 409 Å². The standard InChI is InChI=1S/C28H42O4.C26H38O4.C25H42O2.C25H40O2/c1-3-4-5-6-7-8-9-10-11-12-13-14-15-16-17-18-27(29)31-24-19-20-25-23(2)21-28(30)32-26(25)22-24;1-3-4-5-6-7-8-9-10-11-12-13-14-15-16-25(27)29-22-17-18-23-21(2)19-26(28)30-24(23)20-22;2*1-2-3-4-5-6-7-8-9-10-11-12-13-14-15-19-22-25(26)27-23-24-20-17-16-18-21-24/h19-22H,3-18H2,1-2H3;17-20H,3-16H2,1-2H3;16-18,20-21H,2-15,19,22-23H2,1H3;9-10,16-18,20-21H,2-8,11-15,19,22-23H2,1H3/b;;;10-9-. The van der Waals surface area contributed by atoms with Crippen LogP contribution < -0.4 is 20.7 Å². The van der Waals surface area contributed by atoms with E-state index in [1.54, 1.807) is 24.3 Å². The number of hydrogen-bond donors (Lipinski definition) is 0. The van der Waals surface area contributed by atoms with Crippen LogP contribution >= 0.6 is 0 Å². The highest BCUT2D eigenvalue weighted by Crippen LogP contribution is 2.26. The number of unbranched alkanes of at least 4 members (excludes halogenated alkanes) is 51. The average molecular weight is 1600 g/mol. The van der Waals surface area contributed by atoms with Crippen LogP contribution in [0.2, 0.25) is 0 Å². The first-order valence-corrected chi connectivity index (χ1v) is 47.4. The van der Waals surface area contributed by atoms with Gasteiger partial charge in [0.05, 0.1) is 0 Å².